The molecule has 14 heavy (non-hydrogen) atoms. The Morgan fingerprint density at radius 2 is 2.07 bits per heavy atom. The van der Waals surface area contributed by atoms with E-state index in [9.17, 15) is 0 Å². The monoisotopic (exact) mass is 253 g/mol. The molecule has 2 rings (SSSR count). The van der Waals surface area contributed by atoms with Gasteiger partial charge in [0.2, 0.25) is 5.95 Å². The molecule has 0 atom stereocenters. The standard InChI is InChI=1S/C8H8BrN5/c9-6-3-1-2-5(4-6)7-12-13-8(10)14(7)11/h1-4H,11H2,(H2,10,13). The molecule has 6 heteroatoms. The number of benzene rings is 1. The van der Waals surface area contributed by atoms with Gasteiger partial charge in [-0.1, -0.05) is 28.1 Å². The zero-order valence-electron chi connectivity index (χ0n) is 7.18. The van der Waals surface area contributed by atoms with Gasteiger partial charge in [-0.15, -0.1) is 10.2 Å². The van der Waals surface area contributed by atoms with Gasteiger partial charge in [-0.05, 0) is 12.1 Å². The molecule has 4 N–H and O–H groups in total. The smallest absolute Gasteiger partial charge is 0.241 e. The van der Waals surface area contributed by atoms with Gasteiger partial charge in [0.05, 0.1) is 0 Å². The van der Waals surface area contributed by atoms with Gasteiger partial charge in [-0.2, -0.15) is 0 Å². The van der Waals surface area contributed by atoms with E-state index in [-0.39, 0.29) is 5.95 Å². The van der Waals surface area contributed by atoms with Crippen molar-refractivity contribution in [1.82, 2.24) is 14.9 Å². The quantitative estimate of drug-likeness (QED) is 0.744. The Morgan fingerprint density at radius 3 is 2.64 bits per heavy atom. The van der Waals surface area contributed by atoms with Crippen molar-refractivity contribution in [3.8, 4) is 11.4 Å². The first kappa shape index (κ1) is 9.01. The summed E-state index contributed by atoms with van der Waals surface area (Å²) in [6, 6.07) is 7.60. The normalized spacial score (nSPS) is 10.4. The summed E-state index contributed by atoms with van der Waals surface area (Å²) in [5.74, 6) is 6.38. The molecule has 0 spiro atoms. The minimum Gasteiger partial charge on any atom is -0.366 e. The Labute approximate surface area is 88.8 Å². The lowest BCUT2D eigenvalue weighted by Crippen LogP contribution is -2.13. The van der Waals surface area contributed by atoms with Crippen LogP contribution in [-0.4, -0.2) is 14.9 Å². The van der Waals surface area contributed by atoms with Crippen LogP contribution in [0.25, 0.3) is 11.4 Å². The maximum absolute atomic E-state index is 5.64. The van der Waals surface area contributed by atoms with Crippen molar-refractivity contribution in [1.29, 1.82) is 0 Å². The van der Waals surface area contributed by atoms with Crippen LogP contribution < -0.4 is 11.6 Å². The second kappa shape index (κ2) is 3.30. The van der Waals surface area contributed by atoms with Crippen LogP contribution in [0.4, 0.5) is 5.95 Å². The maximum Gasteiger partial charge on any atom is 0.241 e. The minimum atomic E-state index is 0.194. The zero-order valence-corrected chi connectivity index (χ0v) is 8.77. The summed E-state index contributed by atoms with van der Waals surface area (Å²) in [7, 11) is 0. The van der Waals surface area contributed by atoms with E-state index in [4.69, 9.17) is 11.6 Å². The molecule has 0 bridgehead atoms. The lowest BCUT2D eigenvalue weighted by atomic mass is 10.2. The molecule has 1 heterocycles. The molecule has 0 saturated heterocycles. The van der Waals surface area contributed by atoms with Gasteiger partial charge in [0.1, 0.15) is 0 Å². The van der Waals surface area contributed by atoms with Crippen molar-refractivity contribution in [3.63, 3.8) is 0 Å². The number of halogens is 1. The van der Waals surface area contributed by atoms with Crippen molar-refractivity contribution in [2.75, 3.05) is 11.6 Å². The first-order valence-electron chi connectivity index (χ1n) is 3.90. The van der Waals surface area contributed by atoms with Gasteiger partial charge < -0.3 is 11.6 Å². The van der Waals surface area contributed by atoms with E-state index in [2.05, 4.69) is 26.1 Å². The van der Waals surface area contributed by atoms with Crippen molar-refractivity contribution in [3.05, 3.63) is 28.7 Å². The van der Waals surface area contributed by atoms with Gasteiger partial charge in [0.15, 0.2) is 5.82 Å². The van der Waals surface area contributed by atoms with Crippen LogP contribution in [0.5, 0.6) is 0 Å². The third-order valence-electron chi connectivity index (χ3n) is 1.81. The van der Waals surface area contributed by atoms with Crippen LogP contribution in [0, 0.1) is 0 Å². The van der Waals surface area contributed by atoms with Crippen molar-refractivity contribution in [2.45, 2.75) is 0 Å². The number of hydrogen-bond acceptors (Lipinski definition) is 4. The Bertz CT molecular complexity index is 465. The molecule has 0 aliphatic carbocycles. The molecule has 0 saturated carbocycles. The maximum atomic E-state index is 5.64. The highest BCUT2D eigenvalue weighted by atomic mass is 79.9. The molecule has 0 unspecified atom stereocenters. The van der Waals surface area contributed by atoms with E-state index in [1.165, 1.54) is 4.68 Å². The molecule has 0 aliphatic rings. The van der Waals surface area contributed by atoms with Gasteiger partial charge in [-0.3, -0.25) is 0 Å². The number of anilines is 1. The van der Waals surface area contributed by atoms with E-state index in [1.807, 2.05) is 24.3 Å². The summed E-state index contributed by atoms with van der Waals surface area (Å²) in [6.45, 7) is 0. The van der Waals surface area contributed by atoms with Crippen LogP contribution >= 0.6 is 15.9 Å². The number of nitrogens with two attached hydrogens (primary N) is 2. The first-order valence-corrected chi connectivity index (χ1v) is 4.69. The Morgan fingerprint density at radius 1 is 1.29 bits per heavy atom. The number of nitrogens with zero attached hydrogens (tertiary/aromatic N) is 3. The van der Waals surface area contributed by atoms with Crippen LogP contribution in [0.1, 0.15) is 0 Å². The molecule has 1 aromatic carbocycles. The summed E-state index contributed by atoms with van der Waals surface area (Å²) >= 11 is 3.36. The van der Waals surface area contributed by atoms with Gasteiger partial charge in [0.25, 0.3) is 0 Å². The highest BCUT2D eigenvalue weighted by Gasteiger charge is 2.08. The summed E-state index contributed by atoms with van der Waals surface area (Å²) in [6.07, 6.45) is 0. The second-order valence-corrected chi connectivity index (χ2v) is 3.68. The predicted octanol–water partition coefficient (Wildman–Crippen LogP) is 1.00. The molecule has 0 radical (unpaired) electrons. The molecule has 0 aliphatic heterocycles. The molecule has 5 nitrogen and oxygen atoms in total. The Hall–Kier alpha value is -1.56. The molecule has 1 aromatic heterocycles. The molecule has 0 fully saturated rings. The fourth-order valence-corrected chi connectivity index (χ4v) is 1.53. The largest absolute Gasteiger partial charge is 0.366 e. The summed E-state index contributed by atoms with van der Waals surface area (Å²) in [5.41, 5.74) is 6.34. The average molecular weight is 254 g/mol. The minimum absolute atomic E-state index is 0.194. The van der Waals surface area contributed by atoms with Crippen LogP contribution in [0.3, 0.4) is 0 Å². The van der Waals surface area contributed by atoms with Crippen molar-refractivity contribution in [2.24, 2.45) is 0 Å². The SMILES string of the molecule is Nc1nnc(-c2cccc(Br)c2)n1N. The third kappa shape index (κ3) is 1.44. The first-order chi connectivity index (χ1) is 6.68. The average Bonchev–Trinajstić information content (AvgIpc) is 2.48. The van der Waals surface area contributed by atoms with E-state index in [0.29, 0.717) is 5.82 Å². The Balaban J connectivity index is 2.55. The molecule has 2 aromatic rings. The lowest BCUT2D eigenvalue weighted by molar-refractivity contribution is 1.02. The fourth-order valence-electron chi connectivity index (χ4n) is 1.13. The highest BCUT2D eigenvalue weighted by Crippen LogP contribution is 2.20. The van der Waals surface area contributed by atoms with Crippen LogP contribution in [0.15, 0.2) is 28.7 Å². The zero-order chi connectivity index (χ0) is 10.1. The van der Waals surface area contributed by atoms with Crippen LogP contribution in [0.2, 0.25) is 0 Å². The lowest BCUT2D eigenvalue weighted by Gasteiger charge is -2.01. The Kier molecular flexibility index (Phi) is 2.12. The summed E-state index contributed by atoms with van der Waals surface area (Å²) < 4.78 is 2.21. The molecular weight excluding hydrogens is 246 g/mol. The summed E-state index contributed by atoms with van der Waals surface area (Å²) in [4.78, 5) is 0. The van der Waals surface area contributed by atoms with Gasteiger partial charge in [-0.25, -0.2) is 4.68 Å². The van der Waals surface area contributed by atoms with E-state index < -0.39 is 0 Å². The number of nitrogen functional groups attached to an aromatic ring is 2. The number of hydrogen-bond donors (Lipinski definition) is 2. The van der Waals surface area contributed by atoms with E-state index >= 15 is 0 Å². The number of rotatable bonds is 1. The topological polar surface area (TPSA) is 82.8 Å². The van der Waals surface area contributed by atoms with E-state index in [0.717, 1.165) is 10.0 Å². The van der Waals surface area contributed by atoms with Gasteiger partial charge in [0, 0.05) is 10.0 Å². The van der Waals surface area contributed by atoms with Crippen molar-refractivity contribution >= 4 is 21.9 Å². The van der Waals surface area contributed by atoms with Crippen molar-refractivity contribution < 1.29 is 0 Å². The number of aromatic nitrogens is 3. The third-order valence-corrected chi connectivity index (χ3v) is 2.30. The van der Waals surface area contributed by atoms with E-state index in [1.54, 1.807) is 0 Å². The van der Waals surface area contributed by atoms with Crippen LogP contribution in [-0.2, 0) is 0 Å². The second-order valence-electron chi connectivity index (χ2n) is 2.76. The summed E-state index contributed by atoms with van der Waals surface area (Å²) in [5, 5.41) is 7.54. The fraction of sp³-hybridized carbons (Fsp3) is 0. The molecule has 0 amide bonds. The molecule has 72 valence electrons. The van der Waals surface area contributed by atoms with Gasteiger partial charge >= 0.3 is 0 Å². The molecular formula is C8H8BrN5. The predicted molar refractivity (Wildman–Crippen MR) is 57.7 cm³/mol. The highest BCUT2D eigenvalue weighted by molar-refractivity contribution is 9.10.